The van der Waals surface area contributed by atoms with Crippen molar-refractivity contribution in [3.05, 3.63) is 70.9 Å². The van der Waals surface area contributed by atoms with E-state index in [2.05, 4.69) is 9.88 Å². The molecule has 0 aliphatic heterocycles. The van der Waals surface area contributed by atoms with Gasteiger partial charge in [0.15, 0.2) is 0 Å². The summed E-state index contributed by atoms with van der Waals surface area (Å²) in [4.78, 5) is 5.34. The van der Waals surface area contributed by atoms with Crippen LogP contribution >= 0.6 is 11.6 Å². The molecule has 0 saturated heterocycles. The van der Waals surface area contributed by atoms with Gasteiger partial charge in [-0.05, 0) is 44.3 Å². The second-order valence-electron chi connectivity index (χ2n) is 6.17. The number of benzene rings is 2. The van der Waals surface area contributed by atoms with Gasteiger partial charge in [0.1, 0.15) is 5.60 Å². The summed E-state index contributed by atoms with van der Waals surface area (Å²) in [6.07, 6.45) is 2.51. The van der Waals surface area contributed by atoms with Crippen molar-refractivity contribution in [1.29, 1.82) is 0 Å². The Kier molecular flexibility index (Phi) is 4.44. The van der Waals surface area contributed by atoms with Crippen molar-refractivity contribution >= 4 is 22.5 Å². The first-order chi connectivity index (χ1) is 11.0. The van der Waals surface area contributed by atoms with E-state index in [1.165, 1.54) is 0 Å². The van der Waals surface area contributed by atoms with Crippen molar-refractivity contribution in [2.75, 3.05) is 20.6 Å². The Labute approximate surface area is 141 Å². The van der Waals surface area contributed by atoms with Crippen LogP contribution in [0.4, 0.5) is 0 Å². The first-order valence-electron chi connectivity index (χ1n) is 7.70. The largest absolute Gasteiger partial charge is 0.380 e. The van der Waals surface area contributed by atoms with Crippen LogP contribution in [0.25, 0.3) is 10.9 Å². The molecule has 0 saturated carbocycles. The fourth-order valence-electron chi connectivity index (χ4n) is 2.96. The lowest BCUT2D eigenvalue weighted by Crippen LogP contribution is -2.31. The molecule has 0 radical (unpaired) electrons. The Morgan fingerprint density at radius 1 is 1.09 bits per heavy atom. The molecule has 2 N–H and O–H groups in total. The molecule has 3 aromatic rings. The average molecular weight is 329 g/mol. The number of nitrogens with zero attached hydrogens (tertiary/aromatic N) is 1. The zero-order chi connectivity index (χ0) is 16.4. The number of aromatic nitrogens is 1. The lowest BCUT2D eigenvalue weighted by atomic mass is 9.83. The van der Waals surface area contributed by atoms with E-state index >= 15 is 0 Å². The van der Waals surface area contributed by atoms with Crippen molar-refractivity contribution in [3.8, 4) is 0 Å². The Hall–Kier alpha value is -1.81. The molecule has 3 rings (SSSR count). The molecule has 4 heteroatoms. The van der Waals surface area contributed by atoms with Crippen molar-refractivity contribution in [3.63, 3.8) is 0 Å². The first-order valence-corrected chi connectivity index (χ1v) is 8.08. The molecular weight excluding hydrogens is 308 g/mol. The third-order valence-corrected chi connectivity index (χ3v) is 4.53. The maximum atomic E-state index is 11.6. The zero-order valence-corrected chi connectivity index (χ0v) is 14.1. The maximum absolute atomic E-state index is 11.6. The van der Waals surface area contributed by atoms with Gasteiger partial charge in [-0.15, -0.1) is 0 Å². The second-order valence-corrected chi connectivity index (χ2v) is 6.60. The summed E-state index contributed by atoms with van der Waals surface area (Å²) >= 11 is 6.01. The summed E-state index contributed by atoms with van der Waals surface area (Å²) in [5.41, 5.74) is 1.72. The molecule has 1 heterocycles. The number of hydrogen-bond donors (Lipinski definition) is 2. The summed E-state index contributed by atoms with van der Waals surface area (Å²) < 4.78 is 0. The van der Waals surface area contributed by atoms with Crippen LogP contribution < -0.4 is 0 Å². The molecule has 0 fully saturated rings. The SMILES string of the molecule is CN(C)CCC(O)(c1ccc(Cl)cc1)c1c[nH]c2ccccc12. The Morgan fingerprint density at radius 3 is 2.48 bits per heavy atom. The Morgan fingerprint density at radius 2 is 1.78 bits per heavy atom. The first kappa shape index (κ1) is 16.1. The lowest BCUT2D eigenvalue weighted by molar-refractivity contribution is 0.0644. The standard InChI is InChI=1S/C19H21ClN2O/c1-22(2)12-11-19(23,14-7-9-15(20)10-8-14)17-13-21-18-6-4-3-5-16(17)18/h3-10,13,21,23H,11-12H2,1-2H3. The number of halogens is 1. The fraction of sp³-hybridized carbons (Fsp3) is 0.263. The van der Waals surface area contributed by atoms with E-state index in [0.29, 0.717) is 11.4 Å². The second kappa shape index (κ2) is 6.36. The predicted molar refractivity (Wildman–Crippen MR) is 95.9 cm³/mol. The summed E-state index contributed by atoms with van der Waals surface area (Å²) in [6.45, 7) is 0.776. The van der Waals surface area contributed by atoms with Crippen LogP contribution in [0.1, 0.15) is 17.5 Å². The van der Waals surface area contributed by atoms with E-state index in [9.17, 15) is 5.11 Å². The highest BCUT2D eigenvalue weighted by Crippen LogP contribution is 2.37. The molecule has 0 aliphatic rings. The van der Waals surface area contributed by atoms with Crippen LogP contribution in [-0.4, -0.2) is 35.6 Å². The van der Waals surface area contributed by atoms with Crippen LogP contribution in [0.15, 0.2) is 54.7 Å². The number of fused-ring (bicyclic) bond motifs is 1. The van der Waals surface area contributed by atoms with Crippen LogP contribution in [-0.2, 0) is 5.60 Å². The van der Waals surface area contributed by atoms with Gasteiger partial charge in [-0.25, -0.2) is 0 Å². The van der Waals surface area contributed by atoms with Gasteiger partial charge in [0.25, 0.3) is 0 Å². The van der Waals surface area contributed by atoms with Gasteiger partial charge in [0.05, 0.1) is 0 Å². The third-order valence-electron chi connectivity index (χ3n) is 4.28. The highest BCUT2D eigenvalue weighted by Gasteiger charge is 2.33. The highest BCUT2D eigenvalue weighted by molar-refractivity contribution is 6.30. The summed E-state index contributed by atoms with van der Waals surface area (Å²) in [6, 6.07) is 15.5. The topological polar surface area (TPSA) is 39.3 Å². The maximum Gasteiger partial charge on any atom is 0.118 e. The molecule has 120 valence electrons. The van der Waals surface area contributed by atoms with Gasteiger partial charge in [-0.1, -0.05) is 41.9 Å². The summed E-state index contributed by atoms with van der Waals surface area (Å²) in [7, 11) is 4.02. The normalized spacial score (nSPS) is 14.3. The van der Waals surface area contributed by atoms with Crippen molar-refractivity contribution in [1.82, 2.24) is 9.88 Å². The summed E-state index contributed by atoms with van der Waals surface area (Å²) in [5, 5.41) is 13.3. The minimum atomic E-state index is -1.06. The van der Waals surface area contributed by atoms with E-state index in [1.807, 2.05) is 68.8 Å². The van der Waals surface area contributed by atoms with Gasteiger partial charge in [0.2, 0.25) is 0 Å². The quantitative estimate of drug-likeness (QED) is 0.743. The number of aromatic amines is 1. The molecule has 0 amide bonds. The van der Waals surface area contributed by atoms with E-state index in [0.717, 1.165) is 28.6 Å². The number of hydrogen-bond acceptors (Lipinski definition) is 2. The molecule has 0 bridgehead atoms. The number of H-pyrrole nitrogens is 1. The monoisotopic (exact) mass is 328 g/mol. The van der Waals surface area contributed by atoms with Crippen molar-refractivity contribution < 1.29 is 5.11 Å². The summed E-state index contributed by atoms with van der Waals surface area (Å²) in [5.74, 6) is 0. The molecule has 0 spiro atoms. The number of nitrogens with one attached hydrogen (secondary N) is 1. The average Bonchev–Trinajstić information content (AvgIpc) is 2.98. The molecule has 1 aromatic heterocycles. The van der Waals surface area contributed by atoms with E-state index < -0.39 is 5.60 Å². The Balaban J connectivity index is 2.13. The Bertz CT molecular complexity index is 794. The van der Waals surface area contributed by atoms with Crippen molar-refractivity contribution in [2.45, 2.75) is 12.0 Å². The molecule has 1 atom stereocenters. The molecule has 1 unspecified atom stereocenters. The van der Waals surface area contributed by atoms with Gasteiger partial charge < -0.3 is 15.0 Å². The van der Waals surface area contributed by atoms with Gasteiger partial charge in [-0.3, -0.25) is 0 Å². The fourth-order valence-corrected chi connectivity index (χ4v) is 3.09. The zero-order valence-electron chi connectivity index (χ0n) is 13.4. The third kappa shape index (κ3) is 3.13. The minimum Gasteiger partial charge on any atom is -0.380 e. The van der Waals surface area contributed by atoms with Crippen LogP contribution in [0.5, 0.6) is 0 Å². The predicted octanol–water partition coefficient (Wildman–Crippen LogP) is 4.01. The minimum absolute atomic E-state index is 0.601. The number of aliphatic hydroxyl groups is 1. The van der Waals surface area contributed by atoms with E-state index in [-0.39, 0.29) is 0 Å². The van der Waals surface area contributed by atoms with Crippen LogP contribution in [0.2, 0.25) is 5.02 Å². The van der Waals surface area contributed by atoms with Crippen LogP contribution in [0, 0.1) is 0 Å². The molecule has 3 nitrogen and oxygen atoms in total. The lowest BCUT2D eigenvalue weighted by Gasteiger charge is -2.30. The van der Waals surface area contributed by atoms with E-state index in [4.69, 9.17) is 11.6 Å². The molecule has 2 aromatic carbocycles. The van der Waals surface area contributed by atoms with Crippen LogP contribution in [0.3, 0.4) is 0 Å². The molecule has 0 aliphatic carbocycles. The highest BCUT2D eigenvalue weighted by atomic mass is 35.5. The smallest absolute Gasteiger partial charge is 0.118 e. The molecular formula is C19H21ClN2O. The van der Waals surface area contributed by atoms with Gasteiger partial charge in [-0.2, -0.15) is 0 Å². The number of para-hydroxylation sites is 1. The molecule has 23 heavy (non-hydrogen) atoms. The van der Waals surface area contributed by atoms with Gasteiger partial charge >= 0.3 is 0 Å². The number of rotatable bonds is 5. The van der Waals surface area contributed by atoms with Gasteiger partial charge in [0, 0.05) is 34.2 Å². The van der Waals surface area contributed by atoms with Crippen molar-refractivity contribution in [2.24, 2.45) is 0 Å². The van der Waals surface area contributed by atoms with E-state index in [1.54, 1.807) is 0 Å².